The molecule has 0 aliphatic carbocycles. The first-order valence-corrected chi connectivity index (χ1v) is 15.3. The summed E-state index contributed by atoms with van der Waals surface area (Å²) in [6.07, 6.45) is 35.3. The van der Waals surface area contributed by atoms with Crippen molar-refractivity contribution in [2.75, 3.05) is 0 Å². The molecule has 0 spiro atoms. The zero-order valence-corrected chi connectivity index (χ0v) is 23.3. The number of aromatic nitrogens is 2. The summed E-state index contributed by atoms with van der Waals surface area (Å²) in [5.41, 5.74) is 0. The van der Waals surface area contributed by atoms with Crippen LogP contribution in [0, 0.1) is 0 Å². The summed E-state index contributed by atoms with van der Waals surface area (Å²) in [5.74, 6) is 2.23. The van der Waals surface area contributed by atoms with Crippen molar-refractivity contribution >= 4 is 0 Å². The topological polar surface area (TPSA) is 19.7 Å². The average Bonchev–Trinajstić information content (AvgIpc) is 3.31. The quantitative estimate of drug-likeness (QED) is 0.117. The van der Waals surface area contributed by atoms with Crippen molar-refractivity contribution in [2.24, 2.45) is 0 Å². The Balaban J connectivity index is 2.49. The predicted molar refractivity (Wildman–Crippen MR) is 147 cm³/mol. The molecule has 33 heavy (non-hydrogen) atoms. The van der Waals surface area contributed by atoms with E-state index in [1.54, 1.807) is 0 Å². The molecule has 0 saturated carbocycles. The lowest BCUT2D eigenvalue weighted by atomic mass is 9.92. The van der Waals surface area contributed by atoms with Crippen LogP contribution in [0.1, 0.15) is 187 Å². The minimum atomic E-state index is 0.623. The van der Waals surface area contributed by atoms with Crippen molar-refractivity contribution < 1.29 is 4.57 Å². The second kappa shape index (κ2) is 21.7. The van der Waals surface area contributed by atoms with Crippen LogP contribution in [0.4, 0.5) is 0 Å². The Morgan fingerprint density at radius 2 is 0.970 bits per heavy atom. The Labute approximate surface area is 208 Å². The summed E-state index contributed by atoms with van der Waals surface area (Å²) >= 11 is 0. The van der Waals surface area contributed by atoms with Gasteiger partial charge in [-0.2, -0.15) is 0 Å². The van der Waals surface area contributed by atoms with E-state index in [2.05, 4.69) is 49.6 Å². The molecule has 1 N–H and O–H groups in total. The Morgan fingerprint density at radius 3 is 1.45 bits per heavy atom. The molecule has 0 aromatic carbocycles. The molecule has 0 aliphatic rings. The highest BCUT2D eigenvalue weighted by Gasteiger charge is 2.25. The normalized spacial score (nSPS) is 13.5. The van der Waals surface area contributed by atoms with Crippen LogP contribution in [-0.4, -0.2) is 4.98 Å². The first-order chi connectivity index (χ1) is 16.2. The van der Waals surface area contributed by atoms with E-state index < -0.39 is 0 Å². The van der Waals surface area contributed by atoms with E-state index in [-0.39, 0.29) is 0 Å². The third-order valence-electron chi connectivity index (χ3n) is 7.64. The van der Waals surface area contributed by atoms with Gasteiger partial charge >= 0.3 is 0 Å². The third-order valence-corrected chi connectivity index (χ3v) is 7.64. The first kappa shape index (κ1) is 30.2. The Morgan fingerprint density at radius 1 is 0.576 bits per heavy atom. The zero-order valence-electron chi connectivity index (χ0n) is 23.3. The molecular weight excluding hydrogens is 400 g/mol. The van der Waals surface area contributed by atoms with Crippen molar-refractivity contribution in [3.8, 4) is 0 Å². The summed E-state index contributed by atoms with van der Waals surface area (Å²) in [5, 5.41) is 0. The number of nitrogens with zero attached hydrogens (tertiary/aromatic N) is 1. The second-order valence-electron chi connectivity index (χ2n) is 10.8. The van der Waals surface area contributed by atoms with E-state index in [9.17, 15) is 0 Å². The molecule has 194 valence electrons. The minimum Gasteiger partial charge on any atom is -0.247 e. The van der Waals surface area contributed by atoms with E-state index >= 15 is 0 Å². The predicted octanol–water partition coefficient (Wildman–Crippen LogP) is 10.6. The summed E-state index contributed by atoms with van der Waals surface area (Å²) in [6, 6.07) is 0.623. The molecule has 2 nitrogen and oxygen atoms in total. The van der Waals surface area contributed by atoms with Gasteiger partial charge in [-0.05, 0) is 32.6 Å². The first-order valence-electron chi connectivity index (χ1n) is 15.3. The van der Waals surface area contributed by atoms with Gasteiger partial charge in [0.25, 0.3) is 5.82 Å². The number of hydrogen-bond acceptors (Lipinski definition) is 0. The number of rotatable bonds is 24. The van der Waals surface area contributed by atoms with Crippen LogP contribution in [-0.2, 0) is 0 Å². The SMILES string of the molecule is CCCCCCCCCCCC(CCCCCCCCC)c1[nH]cc[n+]1C(C)CCCCC. The molecule has 0 radical (unpaired) electrons. The molecule has 2 unspecified atom stereocenters. The van der Waals surface area contributed by atoms with Crippen LogP contribution in [0.25, 0.3) is 0 Å². The number of unbranched alkanes of at least 4 members (excludes halogenated alkanes) is 16. The summed E-state index contributed by atoms with van der Waals surface area (Å²) in [4.78, 5) is 3.69. The lowest BCUT2D eigenvalue weighted by Crippen LogP contribution is -2.41. The van der Waals surface area contributed by atoms with Gasteiger partial charge in [0.2, 0.25) is 0 Å². The van der Waals surface area contributed by atoms with Gasteiger partial charge in [-0.15, -0.1) is 0 Å². The number of hydrogen-bond donors (Lipinski definition) is 1. The van der Waals surface area contributed by atoms with Crippen molar-refractivity contribution in [3.63, 3.8) is 0 Å². The third kappa shape index (κ3) is 14.9. The zero-order chi connectivity index (χ0) is 24.0. The average molecular weight is 462 g/mol. The Bertz CT molecular complexity index is 521. The maximum absolute atomic E-state index is 3.69. The monoisotopic (exact) mass is 461 g/mol. The van der Waals surface area contributed by atoms with Crippen LogP contribution in [0.2, 0.25) is 0 Å². The molecule has 1 aromatic heterocycles. The van der Waals surface area contributed by atoms with Crippen molar-refractivity contribution in [3.05, 3.63) is 18.2 Å². The molecule has 1 rings (SSSR count). The van der Waals surface area contributed by atoms with E-state index in [1.165, 1.54) is 147 Å². The molecular formula is C31H61N2+. The Kier molecular flexibility index (Phi) is 19.9. The molecule has 2 atom stereocenters. The highest BCUT2D eigenvalue weighted by atomic mass is 15.1. The highest BCUT2D eigenvalue weighted by molar-refractivity contribution is 4.90. The van der Waals surface area contributed by atoms with Crippen LogP contribution in [0.5, 0.6) is 0 Å². The van der Waals surface area contributed by atoms with Crippen LogP contribution in [0.15, 0.2) is 12.4 Å². The van der Waals surface area contributed by atoms with E-state index in [4.69, 9.17) is 0 Å². The largest absolute Gasteiger partial charge is 0.257 e. The maximum Gasteiger partial charge on any atom is 0.257 e. The van der Waals surface area contributed by atoms with Crippen molar-refractivity contribution in [1.29, 1.82) is 0 Å². The van der Waals surface area contributed by atoms with Gasteiger partial charge in [0.05, 0.1) is 12.0 Å². The van der Waals surface area contributed by atoms with Gasteiger partial charge in [-0.1, -0.05) is 136 Å². The fourth-order valence-electron chi connectivity index (χ4n) is 5.37. The Hall–Kier alpha value is -0.790. The van der Waals surface area contributed by atoms with E-state index in [0.29, 0.717) is 12.0 Å². The summed E-state index contributed by atoms with van der Waals surface area (Å²) < 4.78 is 2.59. The molecule has 1 aromatic rings. The van der Waals surface area contributed by atoms with Crippen molar-refractivity contribution in [1.82, 2.24) is 4.98 Å². The van der Waals surface area contributed by atoms with E-state index in [0.717, 1.165) is 0 Å². The molecule has 0 amide bonds. The molecule has 0 fully saturated rings. The van der Waals surface area contributed by atoms with Gasteiger partial charge in [0, 0.05) is 0 Å². The minimum absolute atomic E-state index is 0.623. The van der Waals surface area contributed by atoms with Gasteiger partial charge < -0.3 is 0 Å². The molecule has 1 heterocycles. The lowest BCUT2D eigenvalue weighted by Gasteiger charge is -2.17. The van der Waals surface area contributed by atoms with Gasteiger partial charge in [0.15, 0.2) is 0 Å². The lowest BCUT2D eigenvalue weighted by molar-refractivity contribution is -0.727. The van der Waals surface area contributed by atoms with Gasteiger partial charge in [0.1, 0.15) is 12.4 Å². The standard InChI is InChI=1S/C31H60N2/c1-5-8-11-13-15-16-18-20-23-26-30(25-22-19-17-14-12-9-6-2)31-32-27-28-33(31)29(4)24-21-10-7-3/h27-30H,5-26H2,1-4H3/p+1. The van der Waals surface area contributed by atoms with Gasteiger partial charge in [-0.3, -0.25) is 0 Å². The summed E-state index contributed by atoms with van der Waals surface area (Å²) in [6.45, 7) is 9.36. The van der Waals surface area contributed by atoms with E-state index in [1.807, 2.05) is 0 Å². The highest BCUT2D eigenvalue weighted by Crippen LogP contribution is 2.27. The second-order valence-corrected chi connectivity index (χ2v) is 10.8. The fourth-order valence-corrected chi connectivity index (χ4v) is 5.37. The number of imidazole rings is 1. The number of nitrogens with one attached hydrogen (secondary N) is 1. The fraction of sp³-hybridized carbons (Fsp3) is 0.903. The number of aromatic amines is 1. The molecule has 0 bridgehead atoms. The molecule has 0 aliphatic heterocycles. The number of H-pyrrole nitrogens is 1. The van der Waals surface area contributed by atoms with Crippen molar-refractivity contribution in [2.45, 2.75) is 181 Å². The molecule has 0 saturated heterocycles. The molecule has 2 heteroatoms. The van der Waals surface area contributed by atoms with Crippen LogP contribution in [0.3, 0.4) is 0 Å². The summed E-state index contributed by atoms with van der Waals surface area (Å²) in [7, 11) is 0. The van der Waals surface area contributed by atoms with Crippen LogP contribution >= 0.6 is 0 Å². The van der Waals surface area contributed by atoms with Gasteiger partial charge in [-0.25, -0.2) is 9.55 Å². The van der Waals surface area contributed by atoms with Crippen LogP contribution < -0.4 is 4.57 Å². The smallest absolute Gasteiger partial charge is 0.247 e. The maximum atomic E-state index is 3.69.